The molecule has 2 heterocycles. The summed E-state index contributed by atoms with van der Waals surface area (Å²) >= 11 is 1.01. The van der Waals surface area contributed by atoms with Crippen LogP contribution in [0.3, 0.4) is 0 Å². The molecular formula is C9H9N5O4S. The van der Waals surface area contributed by atoms with Gasteiger partial charge in [-0.1, -0.05) is 16.6 Å². The fraction of sp³-hybridized carbons (Fsp3) is 0.222. The second-order valence-electron chi connectivity index (χ2n) is 3.56. The summed E-state index contributed by atoms with van der Waals surface area (Å²) in [6.07, 6.45) is 1.16. The van der Waals surface area contributed by atoms with Crippen molar-refractivity contribution in [1.29, 1.82) is 0 Å². The minimum Gasteiger partial charge on any atom is -0.476 e. The second kappa shape index (κ2) is 5.44. The summed E-state index contributed by atoms with van der Waals surface area (Å²) in [5, 5.41) is 19.7. The number of rotatable bonds is 5. The van der Waals surface area contributed by atoms with Crippen LogP contribution in [-0.2, 0) is 17.9 Å². The van der Waals surface area contributed by atoms with Gasteiger partial charge in [-0.3, -0.25) is 9.59 Å². The minimum atomic E-state index is -1.21. The molecule has 0 aliphatic carbocycles. The third kappa shape index (κ3) is 3.48. The molecule has 0 fully saturated rings. The third-order valence-electron chi connectivity index (χ3n) is 2.11. The normalized spacial score (nSPS) is 10.3. The molecule has 2 rings (SSSR count). The maximum absolute atomic E-state index is 11.5. The van der Waals surface area contributed by atoms with Crippen molar-refractivity contribution >= 4 is 23.2 Å². The fourth-order valence-corrected chi connectivity index (χ4v) is 1.85. The van der Waals surface area contributed by atoms with E-state index in [1.165, 1.54) is 0 Å². The molecule has 9 nitrogen and oxygen atoms in total. The standard InChI is InChI=1S/C9H9N5O4S/c15-7(10-1-5-4-19-9(18)11-5)3-14-2-6(8(16)17)12-13-14/h2,4H,1,3H2,(H,10,15)(H,11,18)(H,16,17). The van der Waals surface area contributed by atoms with Crippen molar-refractivity contribution in [2.75, 3.05) is 0 Å². The average molecular weight is 283 g/mol. The summed E-state index contributed by atoms with van der Waals surface area (Å²) in [5.41, 5.74) is 0.378. The summed E-state index contributed by atoms with van der Waals surface area (Å²) < 4.78 is 1.12. The van der Waals surface area contributed by atoms with E-state index in [9.17, 15) is 14.4 Å². The van der Waals surface area contributed by atoms with E-state index in [-0.39, 0.29) is 29.6 Å². The van der Waals surface area contributed by atoms with Gasteiger partial charge < -0.3 is 15.4 Å². The van der Waals surface area contributed by atoms with Gasteiger partial charge in [-0.05, 0) is 0 Å². The summed E-state index contributed by atoms with van der Waals surface area (Å²) in [6, 6.07) is 0. The van der Waals surface area contributed by atoms with E-state index in [4.69, 9.17) is 5.11 Å². The van der Waals surface area contributed by atoms with Crippen LogP contribution in [0.5, 0.6) is 0 Å². The van der Waals surface area contributed by atoms with E-state index in [0.717, 1.165) is 22.2 Å². The highest BCUT2D eigenvalue weighted by Crippen LogP contribution is 1.95. The number of aromatic amines is 1. The molecule has 0 spiro atoms. The third-order valence-corrected chi connectivity index (χ3v) is 2.83. The molecule has 1 amide bonds. The van der Waals surface area contributed by atoms with Crippen LogP contribution in [0, 0.1) is 0 Å². The van der Waals surface area contributed by atoms with Crippen LogP contribution in [0.2, 0.25) is 0 Å². The Balaban J connectivity index is 1.86. The number of nitrogens with one attached hydrogen (secondary N) is 2. The Labute approximate surface area is 109 Å². The van der Waals surface area contributed by atoms with Gasteiger partial charge in [0, 0.05) is 11.1 Å². The summed E-state index contributed by atoms with van der Waals surface area (Å²) in [6.45, 7) is 0.0483. The molecule has 2 aromatic rings. The SMILES string of the molecule is O=C(Cn1cc(C(=O)O)nn1)NCc1csc(=O)[nH]1. The highest BCUT2D eigenvalue weighted by Gasteiger charge is 2.10. The lowest BCUT2D eigenvalue weighted by atomic mass is 10.4. The van der Waals surface area contributed by atoms with Crippen LogP contribution >= 0.6 is 11.3 Å². The number of carbonyl (C=O) groups excluding carboxylic acids is 1. The zero-order valence-electron chi connectivity index (χ0n) is 9.49. The van der Waals surface area contributed by atoms with Gasteiger partial charge in [-0.25, -0.2) is 9.48 Å². The number of thiazole rings is 1. The molecule has 3 N–H and O–H groups in total. The number of aromatic carboxylic acids is 1. The van der Waals surface area contributed by atoms with Gasteiger partial charge in [0.25, 0.3) is 0 Å². The predicted octanol–water partition coefficient (Wildman–Crippen LogP) is -0.957. The van der Waals surface area contributed by atoms with Crippen molar-refractivity contribution in [1.82, 2.24) is 25.3 Å². The molecule has 0 aromatic carbocycles. The molecule has 10 heteroatoms. The van der Waals surface area contributed by atoms with Crippen molar-refractivity contribution in [3.8, 4) is 0 Å². The molecule has 0 saturated heterocycles. The van der Waals surface area contributed by atoms with E-state index in [2.05, 4.69) is 20.6 Å². The lowest BCUT2D eigenvalue weighted by Crippen LogP contribution is -2.27. The number of aromatic nitrogens is 4. The number of carboxylic acid groups (broad SMARTS) is 1. The van der Waals surface area contributed by atoms with Gasteiger partial charge in [0.15, 0.2) is 5.69 Å². The molecule has 2 aromatic heterocycles. The monoisotopic (exact) mass is 283 g/mol. The van der Waals surface area contributed by atoms with E-state index < -0.39 is 5.97 Å². The van der Waals surface area contributed by atoms with Gasteiger partial charge in [0.2, 0.25) is 5.91 Å². The summed E-state index contributed by atoms with van der Waals surface area (Å²) in [7, 11) is 0. The largest absolute Gasteiger partial charge is 0.476 e. The Bertz CT molecular complexity index is 657. The van der Waals surface area contributed by atoms with Crippen molar-refractivity contribution in [2.45, 2.75) is 13.1 Å². The van der Waals surface area contributed by atoms with Crippen LogP contribution in [0.1, 0.15) is 16.2 Å². The molecule has 0 aliphatic rings. The zero-order valence-corrected chi connectivity index (χ0v) is 10.3. The van der Waals surface area contributed by atoms with Crippen LogP contribution in [0.4, 0.5) is 0 Å². The van der Waals surface area contributed by atoms with E-state index >= 15 is 0 Å². The highest BCUT2D eigenvalue weighted by molar-refractivity contribution is 7.07. The van der Waals surface area contributed by atoms with Crippen molar-refractivity contribution in [2.24, 2.45) is 0 Å². The van der Waals surface area contributed by atoms with Crippen molar-refractivity contribution in [3.63, 3.8) is 0 Å². The van der Waals surface area contributed by atoms with Crippen LogP contribution < -0.4 is 10.2 Å². The number of hydrogen-bond acceptors (Lipinski definition) is 6. The Kier molecular flexibility index (Phi) is 3.71. The minimum absolute atomic E-state index is 0.144. The quantitative estimate of drug-likeness (QED) is 0.648. The van der Waals surface area contributed by atoms with Gasteiger partial charge >= 0.3 is 10.8 Å². The smallest absolute Gasteiger partial charge is 0.358 e. The molecule has 100 valence electrons. The molecule has 0 aliphatic heterocycles. The molecule has 0 atom stereocenters. The number of carboxylic acids is 1. The molecule has 0 radical (unpaired) electrons. The maximum atomic E-state index is 11.5. The molecule has 19 heavy (non-hydrogen) atoms. The summed E-state index contributed by atoms with van der Waals surface area (Å²) in [5.74, 6) is -1.57. The first kappa shape index (κ1) is 13.0. The predicted molar refractivity (Wildman–Crippen MR) is 63.8 cm³/mol. The first-order valence-corrected chi connectivity index (χ1v) is 5.99. The van der Waals surface area contributed by atoms with E-state index in [1.807, 2.05) is 0 Å². The second-order valence-corrected chi connectivity index (χ2v) is 4.40. The molecular weight excluding hydrogens is 274 g/mol. The van der Waals surface area contributed by atoms with Crippen LogP contribution in [0.15, 0.2) is 16.4 Å². The molecule has 0 unspecified atom stereocenters. The van der Waals surface area contributed by atoms with Crippen molar-refractivity contribution < 1.29 is 14.7 Å². The number of nitrogens with zero attached hydrogens (tertiary/aromatic N) is 3. The molecule has 0 bridgehead atoms. The van der Waals surface area contributed by atoms with E-state index in [1.54, 1.807) is 5.38 Å². The maximum Gasteiger partial charge on any atom is 0.358 e. The lowest BCUT2D eigenvalue weighted by molar-refractivity contribution is -0.122. The Morgan fingerprint density at radius 2 is 2.32 bits per heavy atom. The first-order valence-electron chi connectivity index (χ1n) is 5.11. The van der Waals surface area contributed by atoms with E-state index in [0.29, 0.717) is 5.69 Å². The number of carbonyl (C=O) groups is 2. The first-order chi connectivity index (χ1) is 9.04. The van der Waals surface area contributed by atoms with Gasteiger partial charge in [0.1, 0.15) is 6.54 Å². The highest BCUT2D eigenvalue weighted by atomic mass is 32.1. The van der Waals surface area contributed by atoms with Gasteiger partial charge in [0.05, 0.1) is 12.7 Å². The zero-order chi connectivity index (χ0) is 13.8. The summed E-state index contributed by atoms with van der Waals surface area (Å²) in [4.78, 5) is 35.3. The molecule has 0 saturated carbocycles. The van der Waals surface area contributed by atoms with Crippen molar-refractivity contribution in [3.05, 3.63) is 32.6 Å². The van der Waals surface area contributed by atoms with Gasteiger partial charge in [-0.2, -0.15) is 0 Å². The number of H-pyrrole nitrogens is 1. The van der Waals surface area contributed by atoms with Gasteiger partial charge in [-0.15, -0.1) is 5.10 Å². The fourth-order valence-electron chi connectivity index (χ4n) is 1.27. The van der Waals surface area contributed by atoms with Crippen LogP contribution in [0.25, 0.3) is 0 Å². The number of hydrogen-bond donors (Lipinski definition) is 3. The lowest BCUT2D eigenvalue weighted by Gasteiger charge is -2.02. The Morgan fingerprint density at radius 3 is 2.89 bits per heavy atom. The van der Waals surface area contributed by atoms with Crippen LogP contribution in [-0.4, -0.2) is 37.0 Å². The Hall–Kier alpha value is -2.49. The average Bonchev–Trinajstić information content (AvgIpc) is 2.96. The Morgan fingerprint density at radius 1 is 1.53 bits per heavy atom. The topological polar surface area (TPSA) is 130 Å². The number of amides is 1.